The molecule has 0 aliphatic carbocycles. The highest BCUT2D eigenvalue weighted by Gasteiger charge is 2.30. The number of hydrogen-bond donors (Lipinski definition) is 3. The fraction of sp³-hybridized carbons (Fsp3) is 0.950. The standard InChI is InChI=1S/C80H156O17P2/c1-6-10-13-16-19-22-25-28-30-31-32-34-36-39-45-50-55-60-65-79(84)96-75(69-91-78(83)64-59-54-49-44-38-35-33-29-26-23-20-17-14-11-7-2)71-94-98(86,87)92-67-74(81)68-93-99(88,89)95-72-76(70-90-77(82)63-58-53-48-43-37-27-24-21-18-15-12-8-3)97-80(85)66-61-56-51-46-41-40-42-47-52-57-62-73(5)9-4/h73-76,81H,6-72H2,1-5H3,(H,86,87)(H,88,89)/t73?,74-,75-,76-/m1/s1. The van der Waals surface area contributed by atoms with E-state index in [1.54, 1.807) is 0 Å². The predicted octanol–water partition coefficient (Wildman–Crippen LogP) is 24.0. The normalized spacial score (nSPS) is 14.1. The first-order chi connectivity index (χ1) is 48.1. The Morgan fingerprint density at radius 1 is 0.283 bits per heavy atom. The van der Waals surface area contributed by atoms with Crippen molar-refractivity contribution in [1.29, 1.82) is 0 Å². The number of unbranched alkanes of at least 4 members (excludes halogenated alkanes) is 51. The summed E-state index contributed by atoms with van der Waals surface area (Å²) in [7, 11) is -9.92. The molecule has 3 N–H and O–H groups in total. The number of ether oxygens (including phenoxy) is 4. The molecule has 0 fully saturated rings. The van der Waals surface area contributed by atoms with Gasteiger partial charge in [-0.05, 0) is 31.6 Å². The van der Waals surface area contributed by atoms with Gasteiger partial charge >= 0.3 is 39.5 Å². The maximum absolute atomic E-state index is 13.1. The number of aliphatic hydroxyl groups is 1. The van der Waals surface area contributed by atoms with Crippen LogP contribution in [0.1, 0.15) is 426 Å². The molecule has 0 bridgehead atoms. The Bertz CT molecular complexity index is 1890. The van der Waals surface area contributed by atoms with Crippen LogP contribution in [0.3, 0.4) is 0 Å². The van der Waals surface area contributed by atoms with Crippen molar-refractivity contribution in [1.82, 2.24) is 0 Å². The fourth-order valence-corrected chi connectivity index (χ4v) is 14.0. The summed E-state index contributed by atoms with van der Waals surface area (Å²) in [4.78, 5) is 73.0. The average molecular weight is 1450 g/mol. The zero-order valence-electron chi connectivity index (χ0n) is 64.6. The van der Waals surface area contributed by atoms with Crippen molar-refractivity contribution in [2.75, 3.05) is 39.6 Å². The molecule has 0 radical (unpaired) electrons. The zero-order chi connectivity index (χ0) is 72.7. The number of esters is 4. The van der Waals surface area contributed by atoms with Crippen molar-refractivity contribution in [2.24, 2.45) is 5.92 Å². The molecule has 0 amide bonds. The van der Waals surface area contributed by atoms with E-state index >= 15 is 0 Å². The summed E-state index contributed by atoms with van der Waals surface area (Å²) in [5.41, 5.74) is 0. The van der Waals surface area contributed by atoms with E-state index in [4.69, 9.17) is 37.0 Å². The third-order valence-electron chi connectivity index (χ3n) is 19.1. The van der Waals surface area contributed by atoms with Crippen LogP contribution in [0.4, 0.5) is 0 Å². The van der Waals surface area contributed by atoms with Crippen LogP contribution in [0.2, 0.25) is 0 Å². The monoisotopic (exact) mass is 1450 g/mol. The Morgan fingerprint density at radius 3 is 0.717 bits per heavy atom. The molecule has 0 aliphatic rings. The Balaban J connectivity index is 5.26. The van der Waals surface area contributed by atoms with Crippen LogP contribution in [0.25, 0.3) is 0 Å². The quantitative estimate of drug-likeness (QED) is 0.0222. The van der Waals surface area contributed by atoms with Crippen molar-refractivity contribution in [3.63, 3.8) is 0 Å². The maximum Gasteiger partial charge on any atom is 0.472 e. The first kappa shape index (κ1) is 97.1. The summed E-state index contributed by atoms with van der Waals surface area (Å²) >= 11 is 0. The minimum absolute atomic E-state index is 0.107. The van der Waals surface area contributed by atoms with Gasteiger partial charge in [0.2, 0.25) is 0 Å². The number of phosphoric acid groups is 2. The van der Waals surface area contributed by atoms with Gasteiger partial charge < -0.3 is 33.8 Å². The molecule has 0 aromatic carbocycles. The summed E-state index contributed by atoms with van der Waals surface area (Å²) in [6.07, 6.45) is 63.6. The molecule has 0 spiro atoms. The Labute approximate surface area is 607 Å². The van der Waals surface area contributed by atoms with Gasteiger partial charge in [-0.3, -0.25) is 37.3 Å². The van der Waals surface area contributed by atoms with Crippen LogP contribution >= 0.6 is 15.6 Å². The van der Waals surface area contributed by atoms with E-state index in [-0.39, 0.29) is 25.7 Å². The van der Waals surface area contributed by atoms with Gasteiger partial charge in [0, 0.05) is 25.7 Å². The van der Waals surface area contributed by atoms with Gasteiger partial charge in [-0.1, -0.05) is 375 Å². The molecule has 0 heterocycles. The molecule has 0 aromatic heterocycles. The summed E-state index contributed by atoms with van der Waals surface area (Å²) < 4.78 is 68.7. The molecule has 0 saturated heterocycles. The van der Waals surface area contributed by atoms with Crippen LogP contribution in [0.5, 0.6) is 0 Å². The molecule has 17 nitrogen and oxygen atoms in total. The van der Waals surface area contributed by atoms with Crippen molar-refractivity contribution in [2.45, 2.75) is 445 Å². The number of aliphatic hydroxyl groups excluding tert-OH is 1. The van der Waals surface area contributed by atoms with Gasteiger partial charge in [-0.2, -0.15) is 0 Å². The van der Waals surface area contributed by atoms with Gasteiger partial charge in [0.25, 0.3) is 0 Å². The number of hydrogen-bond acceptors (Lipinski definition) is 15. The third kappa shape index (κ3) is 72.8. The van der Waals surface area contributed by atoms with Crippen molar-refractivity contribution in [3.05, 3.63) is 0 Å². The first-order valence-electron chi connectivity index (χ1n) is 41.7. The zero-order valence-corrected chi connectivity index (χ0v) is 66.4. The number of phosphoric ester groups is 2. The van der Waals surface area contributed by atoms with Crippen LogP contribution in [-0.2, 0) is 65.4 Å². The van der Waals surface area contributed by atoms with Gasteiger partial charge in [0.15, 0.2) is 12.2 Å². The molecule has 0 aromatic rings. The minimum Gasteiger partial charge on any atom is -0.462 e. The molecule has 99 heavy (non-hydrogen) atoms. The van der Waals surface area contributed by atoms with Gasteiger partial charge in [0.1, 0.15) is 19.3 Å². The lowest BCUT2D eigenvalue weighted by Crippen LogP contribution is -2.30. The number of rotatable bonds is 80. The minimum atomic E-state index is -4.96. The molecule has 0 rings (SSSR count). The van der Waals surface area contributed by atoms with Crippen LogP contribution < -0.4 is 0 Å². The smallest absolute Gasteiger partial charge is 0.462 e. The predicted molar refractivity (Wildman–Crippen MR) is 405 cm³/mol. The second kappa shape index (κ2) is 73.0. The fourth-order valence-electron chi connectivity index (χ4n) is 12.4. The summed E-state index contributed by atoms with van der Waals surface area (Å²) in [6.45, 7) is 7.36. The molecule has 19 heteroatoms. The lowest BCUT2D eigenvalue weighted by molar-refractivity contribution is -0.161. The lowest BCUT2D eigenvalue weighted by Gasteiger charge is -2.21. The first-order valence-corrected chi connectivity index (χ1v) is 44.7. The maximum atomic E-state index is 13.1. The van der Waals surface area contributed by atoms with Crippen LogP contribution in [0.15, 0.2) is 0 Å². The van der Waals surface area contributed by atoms with Gasteiger partial charge in [-0.15, -0.1) is 0 Å². The summed E-state index contributed by atoms with van der Waals surface area (Å²) in [5.74, 6) is -1.30. The third-order valence-corrected chi connectivity index (χ3v) is 21.0. The Kier molecular flexibility index (Phi) is 71.6. The molecule has 0 aliphatic heterocycles. The largest absolute Gasteiger partial charge is 0.472 e. The van der Waals surface area contributed by atoms with Gasteiger partial charge in [0.05, 0.1) is 26.4 Å². The molecule has 588 valence electrons. The van der Waals surface area contributed by atoms with Crippen molar-refractivity contribution >= 4 is 39.5 Å². The molecule has 6 atom stereocenters. The van der Waals surface area contributed by atoms with Crippen molar-refractivity contribution < 1.29 is 80.2 Å². The molecule has 3 unspecified atom stereocenters. The lowest BCUT2D eigenvalue weighted by atomic mass is 9.99. The van der Waals surface area contributed by atoms with Crippen LogP contribution in [-0.4, -0.2) is 96.7 Å². The highest BCUT2D eigenvalue weighted by Crippen LogP contribution is 2.45. The molecular formula is C80H156O17P2. The van der Waals surface area contributed by atoms with E-state index in [1.165, 1.54) is 250 Å². The summed E-state index contributed by atoms with van der Waals surface area (Å²) in [5, 5.41) is 10.6. The molecule has 0 saturated carbocycles. The second-order valence-corrected chi connectivity index (χ2v) is 32.0. The topological polar surface area (TPSA) is 237 Å². The number of carbonyl (C=O) groups excluding carboxylic acids is 4. The number of carbonyl (C=O) groups is 4. The molecular weight excluding hydrogens is 1290 g/mol. The average Bonchev–Trinajstić information content (AvgIpc) is 1.07. The van der Waals surface area contributed by atoms with E-state index < -0.39 is 97.5 Å². The van der Waals surface area contributed by atoms with E-state index in [0.29, 0.717) is 25.7 Å². The SMILES string of the molecule is CCCCCCCCCCCCCCCCCCCCC(=O)O[C@H](COC(=O)CCCCCCCCCCCCCCCCC)COP(=O)(O)OC[C@@H](O)COP(=O)(O)OC[C@@H](COC(=O)CCCCCCCCCCCCCC)OC(=O)CCCCCCCCCCCCC(C)CC. The Morgan fingerprint density at radius 2 is 0.485 bits per heavy atom. The summed E-state index contributed by atoms with van der Waals surface area (Å²) in [6, 6.07) is 0. The highest BCUT2D eigenvalue weighted by molar-refractivity contribution is 7.47. The van der Waals surface area contributed by atoms with Crippen molar-refractivity contribution in [3.8, 4) is 0 Å². The van der Waals surface area contributed by atoms with E-state index in [9.17, 15) is 43.2 Å². The van der Waals surface area contributed by atoms with E-state index in [1.807, 2.05) is 0 Å². The van der Waals surface area contributed by atoms with Gasteiger partial charge in [-0.25, -0.2) is 9.13 Å². The van der Waals surface area contributed by atoms with E-state index in [2.05, 4.69) is 34.6 Å². The Hall–Kier alpha value is -1.94. The highest BCUT2D eigenvalue weighted by atomic mass is 31.2. The van der Waals surface area contributed by atoms with E-state index in [0.717, 1.165) is 95.8 Å². The van der Waals surface area contributed by atoms with Crippen LogP contribution in [0, 0.1) is 5.92 Å². The second-order valence-electron chi connectivity index (χ2n) is 29.1.